The molecule has 2 aliphatic rings. The van der Waals surface area contributed by atoms with Crippen LogP contribution in [-0.4, -0.2) is 155 Å². The lowest BCUT2D eigenvalue weighted by Gasteiger charge is -2.39. The molecule has 2 unspecified atom stereocenters. The summed E-state index contributed by atoms with van der Waals surface area (Å²) in [6.45, 7) is 21.6. The molecular formula is C47H65N9O12S. The van der Waals surface area contributed by atoms with E-state index in [2.05, 4.69) is 48.4 Å². The Balaban J connectivity index is 1.20. The molecule has 5 rings (SSSR count). The lowest BCUT2D eigenvalue weighted by atomic mass is 10.0. The average Bonchev–Trinajstić information content (AvgIpc) is 3.98. The van der Waals surface area contributed by atoms with E-state index >= 15 is 0 Å². The minimum atomic E-state index is -1.42. The minimum absolute atomic E-state index is 0.197. The second-order valence-corrected chi connectivity index (χ2v) is 18.2. The van der Waals surface area contributed by atoms with E-state index in [-0.39, 0.29) is 43.7 Å². The Bertz CT molecular complexity index is 2380. The average molecular weight is 980 g/mol. The van der Waals surface area contributed by atoms with Gasteiger partial charge in [-0.1, -0.05) is 13.8 Å². The van der Waals surface area contributed by atoms with Gasteiger partial charge in [0.25, 0.3) is 23.6 Å². The highest BCUT2D eigenvalue weighted by Crippen LogP contribution is 2.36. The van der Waals surface area contributed by atoms with E-state index in [4.69, 9.17) is 23.7 Å². The fraction of sp³-hybridized carbons (Fsp3) is 0.553. The largest absolute Gasteiger partial charge is 0.470 e. The first-order valence-corrected chi connectivity index (χ1v) is 23.8. The van der Waals surface area contributed by atoms with E-state index < -0.39 is 53.6 Å². The van der Waals surface area contributed by atoms with E-state index in [1.807, 2.05) is 11.8 Å². The Kier molecular flexibility index (Phi) is 18.8. The van der Waals surface area contributed by atoms with Crippen molar-refractivity contribution >= 4 is 82.1 Å². The topological polar surface area (TPSA) is 253 Å². The van der Waals surface area contributed by atoms with E-state index in [0.717, 1.165) is 31.4 Å². The molecule has 2 aliphatic heterocycles. The van der Waals surface area contributed by atoms with Gasteiger partial charge in [-0.25, -0.2) is 4.79 Å². The lowest BCUT2D eigenvalue weighted by Crippen LogP contribution is -2.54. The summed E-state index contributed by atoms with van der Waals surface area (Å²) in [6.07, 6.45) is -2.70. The molecule has 1 saturated heterocycles. The lowest BCUT2D eigenvalue weighted by molar-refractivity contribution is -0.174. The van der Waals surface area contributed by atoms with Crippen LogP contribution in [0.15, 0.2) is 18.2 Å². The SMILES string of the molecule is CCN(CC)CCNC(=O)c1c(C)[nH]c(/C=C2\C(=O)Nc3ccc(NC(=O)CCC(=O)OC(C)C(=O)O[C@H](COc4nsnc4N4CCOCC4)CN(C(=O)C(C)OC(C)=O)C(C)(C)C)cc32)c1C. The van der Waals surface area contributed by atoms with Crippen LogP contribution in [0, 0.1) is 13.8 Å². The zero-order valence-corrected chi connectivity index (χ0v) is 41.9. The maximum atomic E-state index is 13.6. The maximum Gasteiger partial charge on any atom is 0.347 e. The van der Waals surface area contributed by atoms with E-state index in [0.29, 0.717) is 83.7 Å². The zero-order chi connectivity index (χ0) is 50.6. The van der Waals surface area contributed by atoms with Crippen molar-refractivity contribution in [3.63, 3.8) is 0 Å². The number of benzene rings is 1. The van der Waals surface area contributed by atoms with Gasteiger partial charge >= 0.3 is 17.9 Å². The summed E-state index contributed by atoms with van der Waals surface area (Å²) < 4.78 is 36.5. The molecule has 376 valence electrons. The number of H-pyrrole nitrogens is 1. The van der Waals surface area contributed by atoms with Crippen LogP contribution >= 0.6 is 11.7 Å². The summed E-state index contributed by atoms with van der Waals surface area (Å²) in [5.74, 6) is -3.38. The predicted molar refractivity (Wildman–Crippen MR) is 258 cm³/mol. The number of likely N-dealkylation sites (N-methyl/N-ethyl adjacent to an activating group) is 1. The molecule has 0 aliphatic carbocycles. The number of carbonyl (C=O) groups excluding carboxylic acids is 7. The highest BCUT2D eigenvalue weighted by atomic mass is 32.1. The van der Waals surface area contributed by atoms with Crippen molar-refractivity contribution in [3.05, 3.63) is 46.3 Å². The smallest absolute Gasteiger partial charge is 0.347 e. The number of aryl methyl sites for hydroxylation is 1. The number of amides is 4. The number of hydrogen-bond acceptors (Lipinski definition) is 17. The Morgan fingerprint density at radius 1 is 0.986 bits per heavy atom. The van der Waals surface area contributed by atoms with Gasteiger partial charge in [0.15, 0.2) is 18.3 Å². The fourth-order valence-corrected chi connectivity index (χ4v) is 8.24. The molecule has 2 aromatic heterocycles. The van der Waals surface area contributed by atoms with Crippen LogP contribution in [0.3, 0.4) is 0 Å². The van der Waals surface area contributed by atoms with Crippen LogP contribution in [0.5, 0.6) is 5.88 Å². The molecule has 1 aromatic carbocycles. The van der Waals surface area contributed by atoms with Crippen LogP contribution in [0.4, 0.5) is 17.2 Å². The molecule has 0 radical (unpaired) electrons. The second-order valence-electron chi connectivity index (χ2n) is 17.6. The van der Waals surface area contributed by atoms with Crippen molar-refractivity contribution in [2.45, 2.75) is 106 Å². The van der Waals surface area contributed by atoms with Crippen LogP contribution in [0.25, 0.3) is 11.6 Å². The Hall–Kier alpha value is -6.39. The summed E-state index contributed by atoms with van der Waals surface area (Å²) in [6, 6.07) is 4.90. The molecule has 0 saturated carbocycles. The third-order valence-electron chi connectivity index (χ3n) is 11.5. The third kappa shape index (κ3) is 14.6. The first-order chi connectivity index (χ1) is 32.7. The van der Waals surface area contributed by atoms with Crippen molar-refractivity contribution in [1.29, 1.82) is 0 Å². The number of aromatic nitrogens is 3. The molecule has 0 spiro atoms. The number of fused-ring (bicyclic) bond motifs is 1. The molecule has 69 heavy (non-hydrogen) atoms. The van der Waals surface area contributed by atoms with E-state index in [1.54, 1.807) is 52.0 Å². The molecule has 4 amide bonds. The van der Waals surface area contributed by atoms with Gasteiger partial charge in [-0.15, -0.1) is 4.37 Å². The summed E-state index contributed by atoms with van der Waals surface area (Å²) in [4.78, 5) is 100. The standard InChI is InChI=1S/C47H65N9O12S/c1-11-54(12-2)18-17-48-43(61)40-27(3)37(49-28(40)4)24-35-34-23-32(13-14-36(34)51-42(35)60)50-38(58)15-16-39(59)67-30(6)46(63)68-33(25-56(47(8,9)10)45(62)29(5)66-31(7)57)26-65-44-41(52-69-53-44)55-19-21-64-22-20-55/h13-14,23-24,29-30,33,49H,11-12,15-22,25-26H2,1-10H3,(H,48,61)(H,50,58)(H,51,60)/b35-24-/t29?,30?,33-/m0/s1. The van der Waals surface area contributed by atoms with E-state index in [1.165, 1.54) is 25.7 Å². The second kappa shape index (κ2) is 24.2. The molecular weight excluding hydrogens is 915 g/mol. The molecule has 4 heterocycles. The number of rotatable bonds is 22. The molecule has 1 fully saturated rings. The highest BCUT2D eigenvalue weighted by molar-refractivity contribution is 6.99. The predicted octanol–water partition coefficient (Wildman–Crippen LogP) is 4.10. The zero-order valence-electron chi connectivity index (χ0n) is 41.1. The van der Waals surface area contributed by atoms with Gasteiger partial charge in [0.1, 0.15) is 6.61 Å². The number of morpholine rings is 1. The van der Waals surface area contributed by atoms with Gasteiger partial charge in [0, 0.05) is 73.4 Å². The first-order valence-electron chi connectivity index (χ1n) is 23.0. The van der Waals surface area contributed by atoms with Crippen molar-refractivity contribution in [2.75, 3.05) is 81.2 Å². The fourth-order valence-electron chi connectivity index (χ4n) is 7.72. The number of nitrogens with zero attached hydrogens (tertiary/aromatic N) is 5. The number of esters is 3. The van der Waals surface area contributed by atoms with Gasteiger partial charge in [0.2, 0.25) is 11.7 Å². The summed E-state index contributed by atoms with van der Waals surface area (Å²) in [5, 5.41) is 8.57. The molecule has 3 atom stereocenters. The number of hydrogen-bond donors (Lipinski definition) is 4. The van der Waals surface area contributed by atoms with Gasteiger partial charge < -0.3 is 59.3 Å². The minimum Gasteiger partial charge on any atom is -0.470 e. The van der Waals surface area contributed by atoms with Gasteiger partial charge in [-0.2, -0.15) is 4.37 Å². The monoisotopic (exact) mass is 979 g/mol. The summed E-state index contributed by atoms with van der Waals surface area (Å²) in [7, 11) is 0. The number of nitrogens with one attached hydrogen (secondary N) is 4. The van der Waals surface area contributed by atoms with Crippen molar-refractivity contribution < 1.29 is 57.2 Å². The molecule has 22 heteroatoms. The highest BCUT2D eigenvalue weighted by Gasteiger charge is 2.36. The molecule has 21 nitrogen and oxygen atoms in total. The summed E-state index contributed by atoms with van der Waals surface area (Å²) in [5.41, 5.74) is 3.35. The Morgan fingerprint density at radius 3 is 2.36 bits per heavy atom. The van der Waals surface area contributed by atoms with Crippen LogP contribution in [0.1, 0.15) is 101 Å². The number of carbonyl (C=O) groups is 7. The van der Waals surface area contributed by atoms with Gasteiger partial charge in [-0.05, 0) is 91.4 Å². The van der Waals surface area contributed by atoms with Gasteiger partial charge in [0.05, 0.1) is 49.0 Å². The van der Waals surface area contributed by atoms with Crippen molar-refractivity contribution in [2.24, 2.45) is 0 Å². The molecule has 0 bridgehead atoms. The molecule has 3 aromatic rings. The normalized spacial score (nSPS) is 15.4. The number of aromatic amines is 1. The quantitative estimate of drug-likeness (QED) is 0.0628. The summed E-state index contributed by atoms with van der Waals surface area (Å²) >= 11 is 0.943. The number of ether oxygens (including phenoxy) is 5. The number of anilines is 3. The Labute approximate surface area is 406 Å². The van der Waals surface area contributed by atoms with E-state index in [9.17, 15) is 33.6 Å². The van der Waals surface area contributed by atoms with Crippen molar-refractivity contribution in [1.82, 2.24) is 28.8 Å². The Morgan fingerprint density at radius 2 is 1.70 bits per heavy atom. The van der Waals surface area contributed by atoms with Crippen LogP contribution in [0.2, 0.25) is 0 Å². The third-order valence-corrected chi connectivity index (χ3v) is 12.0. The van der Waals surface area contributed by atoms with Gasteiger partial charge in [-0.3, -0.25) is 28.8 Å². The van der Waals surface area contributed by atoms with Crippen LogP contribution < -0.4 is 25.6 Å². The maximum absolute atomic E-state index is 13.6. The van der Waals surface area contributed by atoms with Crippen LogP contribution in [-0.2, 0) is 47.7 Å². The van der Waals surface area contributed by atoms with Crippen molar-refractivity contribution in [3.8, 4) is 5.88 Å². The molecule has 4 N–H and O–H groups in total. The first kappa shape index (κ1) is 53.6.